The summed E-state index contributed by atoms with van der Waals surface area (Å²) in [5.41, 5.74) is 0. The number of allylic oxidation sites excluding steroid dienone is 1. The smallest absolute Gasteiger partial charge is 0.220 e. The Hall–Kier alpha value is -0.870. The second-order valence-electron chi connectivity index (χ2n) is 21.5. The van der Waals surface area contributed by atoms with Gasteiger partial charge in [-0.2, -0.15) is 0 Å². The van der Waals surface area contributed by atoms with Crippen molar-refractivity contribution in [3.63, 3.8) is 0 Å². The summed E-state index contributed by atoms with van der Waals surface area (Å²) in [6, 6.07) is -0.619. The standard InChI is InChI=1S/C62H123NO3/c1-3-5-7-9-11-13-15-17-19-21-23-25-27-29-31-33-35-37-39-41-43-45-47-49-51-53-55-57-61(65)60(59-64)63-62(66)58-56-54-52-50-48-46-44-42-40-38-36-34-32-30-28-26-24-22-20-18-16-14-12-10-8-6-4-2/h55,57,60-61,64-65H,3-54,56,58-59H2,1-2H3,(H,63,66)/b57-55+. The Morgan fingerprint density at radius 2 is 0.561 bits per heavy atom. The molecule has 2 unspecified atom stereocenters. The molecule has 4 nitrogen and oxygen atoms in total. The molecule has 2 atom stereocenters. The Morgan fingerprint density at radius 3 is 0.788 bits per heavy atom. The Balaban J connectivity index is 3.42. The largest absolute Gasteiger partial charge is 0.394 e. The SMILES string of the molecule is CCCCCCCCCCCCCCCCCCCCCCCCCCC/C=C/C(O)C(CO)NC(=O)CCCCCCCCCCCCCCCCCCCCCCCCCCCCC. The van der Waals surface area contributed by atoms with Crippen molar-refractivity contribution in [2.45, 2.75) is 373 Å². The molecule has 3 N–H and O–H groups in total. The minimum atomic E-state index is -0.836. The van der Waals surface area contributed by atoms with E-state index in [0.717, 1.165) is 25.7 Å². The maximum atomic E-state index is 12.5. The van der Waals surface area contributed by atoms with E-state index in [1.54, 1.807) is 6.08 Å². The Labute approximate surface area is 416 Å². The van der Waals surface area contributed by atoms with Gasteiger partial charge in [-0.1, -0.05) is 347 Å². The van der Waals surface area contributed by atoms with Gasteiger partial charge in [0.1, 0.15) is 0 Å². The summed E-state index contributed by atoms with van der Waals surface area (Å²) < 4.78 is 0. The summed E-state index contributed by atoms with van der Waals surface area (Å²) in [6.07, 6.45) is 76.9. The highest BCUT2D eigenvalue weighted by Gasteiger charge is 2.18. The number of aliphatic hydroxyl groups excluding tert-OH is 2. The van der Waals surface area contributed by atoms with Gasteiger partial charge in [-0.15, -0.1) is 0 Å². The molecular formula is C62H123NO3. The van der Waals surface area contributed by atoms with Crippen LogP contribution in [0.25, 0.3) is 0 Å². The van der Waals surface area contributed by atoms with Crippen LogP contribution in [0.1, 0.15) is 361 Å². The average molecular weight is 931 g/mol. The first-order valence-corrected chi connectivity index (χ1v) is 30.9. The van der Waals surface area contributed by atoms with Crippen LogP contribution in [0.15, 0.2) is 12.2 Å². The third-order valence-corrected chi connectivity index (χ3v) is 14.8. The van der Waals surface area contributed by atoms with Crippen LogP contribution in [0, 0.1) is 0 Å². The van der Waals surface area contributed by atoms with E-state index >= 15 is 0 Å². The monoisotopic (exact) mass is 930 g/mol. The van der Waals surface area contributed by atoms with Crippen LogP contribution in [0.2, 0.25) is 0 Å². The molecule has 0 radical (unpaired) electrons. The summed E-state index contributed by atoms with van der Waals surface area (Å²) in [5, 5.41) is 23.2. The Morgan fingerprint density at radius 1 is 0.348 bits per heavy atom. The lowest BCUT2D eigenvalue weighted by molar-refractivity contribution is -0.123. The van der Waals surface area contributed by atoms with Crippen LogP contribution >= 0.6 is 0 Å². The fourth-order valence-corrected chi connectivity index (χ4v) is 10.1. The first-order chi connectivity index (χ1) is 32.7. The minimum Gasteiger partial charge on any atom is -0.394 e. The number of amides is 1. The highest BCUT2D eigenvalue weighted by atomic mass is 16.3. The van der Waals surface area contributed by atoms with E-state index in [-0.39, 0.29) is 12.5 Å². The normalized spacial score (nSPS) is 12.7. The van der Waals surface area contributed by atoms with E-state index in [1.807, 2.05) is 6.08 Å². The van der Waals surface area contributed by atoms with E-state index in [1.165, 1.54) is 315 Å². The van der Waals surface area contributed by atoms with Gasteiger partial charge in [-0.3, -0.25) is 4.79 Å². The van der Waals surface area contributed by atoms with Crippen LogP contribution in [-0.2, 0) is 4.79 Å². The van der Waals surface area contributed by atoms with Gasteiger partial charge in [0, 0.05) is 6.42 Å². The van der Waals surface area contributed by atoms with Crippen molar-refractivity contribution in [2.24, 2.45) is 0 Å². The molecule has 66 heavy (non-hydrogen) atoms. The van der Waals surface area contributed by atoms with Gasteiger partial charge in [0.15, 0.2) is 0 Å². The fourth-order valence-electron chi connectivity index (χ4n) is 10.1. The molecule has 0 aliphatic carbocycles. The van der Waals surface area contributed by atoms with Crippen LogP contribution in [0.4, 0.5) is 0 Å². The third kappa shape index (κ3) is 54.1. The van der Waals surface area contributed by atoms with Crippen molar-refractivity contribution >= 4 is 5.91 Å². The molecule has 0 aliphatic heterocycles. The van der Waals surface area contributed by atoms with Gasteiger partial charge in [0.05, 0.1) is 18.8 Å². The molecule has 0 spiro atoms. The molecule has 0 aromatic rings. The molecule has 0 saturated heterocycles. The topological polar surface area (TPSA) is 69.6 Å². The number of aliphatic hydroxyl groups is 2. The molecule has 1 amide bonds. The molecule has 0 fully saturated rings. The van der Waals surface area contributed by atoms with Gasteiger partial charge < -0.3 is 15.5 Å². The molecule has 0 aliphatic rings. The van der Waals surface area contributed by atoms with Crippen LogP contribution in [-0.4, -0.2) is 34.9 Å². The van der Waals surface area contributed by atoms with Crippen molar-refractivity contribution in [1.82, 2.24) is 5.32 Å². The van der Waals surface area contributed by atoms with E-state index in [0.29, 0.717) is 6.42 Å². The summed E-state index contributed by atoms with van der Waals surface area (Å²) in [4.78, 5) is 12.5. The lowest BCUT2D eigenvalue weighted by Crippen LogP contribution is -2.45. The van der Waals surface area contributed by atoms with E-state index in [4.69, 9.17) is 0 Å². The Bertz CT molecular complexity index is 921. The van der Waals surface area contributed by atoms with Crippen molar-refractivity contribution in [2.75, 3.05) is 6.61 Å². The van der Waals surface area contributed by atoms with Crippen molar-refractivity contribution in [1.29, 1.82) is 0 Å². The van der Waals surface area contributed by atoms with Crippen LogP contribution in [0.5, 0.6) is 0 Å². The summed E-state index contributed by atoms with van der Waals surface area (Å²) >= 11 is 0. The molecule has 0 rings (SSSR count). The quantitative estimate of drug-likeness (QED) is 0.0420. The predicted octanol–water partition coefficient (Wildman–Crippen LogP) is 20.5. The first-order valence-electron chi connectivity index (χ1n) is 30.9. The molecular weight excluding hydrogens is 807 g/mol. The number of unbranched alkanes of at least 4 members (excludes halogenated alkanes) is 51. The second-order valence-corrected chi connectivity index (χ2v) is 21.5. The lowest BCUT2D eigenvalue weighted by Gasteiger charge is -2.20. The fraction of sp³-hybridized carbons (Fsp3) is 0.952. The first kappa shape index (κ1) is 65.1. The summed E-state index contributed by atoms with van der Waals surface area (Å²) in [5.74, 6) is -0.0543. The van der Waals surface area contributed by atoms with E-state index in [2.05, 4.69) is 19.2 Å². The number of hydrogen-bond donors (Lipinski definition) is 3. The highest BCUT2D eigenvalue weighted by Crippen LogP contribution is 2.19. The zero-order valence-corrected chi connectivity index (χ0v) is 45.5. The molecule has 0 heterocycles. The second kappa shape index (κ2) is 58.4. The van der Waals surface area contributed by atoms with Gasteiger partial charge in [0.2, 0.25) is 5.91 Å². The van der Waals surface area contributed by atoms with Gasteiger partial charge in [-0.25, -0.2) is 0 Å². The Kier molecular flexibility index (Phi) is 57.7. The molecule has 394 valence electrons. The molecule has 0 aromatic heterocycles. The molecule has 0 bridgehead atoms. The van der Waals surface area contributed by atoms with Gasteiger partial charge in [0.25, 0.3) is 0 Å². The number of hydrogen-bond acceptors (Lipinski definition) is 3. The summed E-state index contributed by atoms with van der Waals surface area (Å²) in [6.45, 7) is 4.36. The molecule has 4 heteroatoms. The summed E-state index contributed by atoms with van der Waals surface area (Å²) in [7, 11) is 0. The number of rotatable bonds is 58. The van der Waals surface area contributed by atoms with Crippen LogP contribution < -0.4 is 5.32 Å². The predicted molar refractivity (Wildman–Crippen MR) is 295 cm³/mol. The van der Waals surface area contributed by atoms with Crippen LogP contribution in [0.3, 0.4) is 0 Å². The maximum Gasteiger partial charge on any atom is 0.220 e. The van der Waals surface area contributed by atoms with Gasteiger partial charge >= 0.3 is 0 Å². The van der Waals surface area contributed by atoms with Crippen molar-refractivity contribution in [3.8, 4) is 0 Å². The third-order valence-electron chi connectivity index (χ3n) is 14.8. The number of carbonyl (C=O) groups is 1. The van der Waals surface area contributed by atoms with Crippen molar-refractivity contribution in [3.05, 3.63) is 12.2 Å². The van der Waals surface area contributed by atoms with Crippen molar-refractivity contribution < 1.29 is 15.0 Å². The maximum absolute atomic E-state index is 12.5. The number of nitrogens with one attached hydrogen (secondary N) is 1. The van der Waals surface area contributed by atoms with E-state index in [9.17, 15) is 15.0 Å². The number of carbonyl (C=O) groups excluding carboxylic acids is 1. The minimum absolute atomic E-state index is 0.0543. The highest BCUT2D eigenvalue weighted by molar-refractivity contribution is 5.76. The average Bonchev–Trinajstić information content (AvgIpc) is 3.32. The molecule has 0 aromatic carbocycles. The van der Waals surface area contributed by atoms with Gasteiger partial charge in [-0.05, 0) is 19.3 Å². The lowest BCUT2D eigenvalue weighted by atomic mass is 10.0. The zero-order valence-electron chi connectivity index (χ0n) is 45.5. The molecule has 0 saturated carbocycles. The zero-order chi connectivity index (χ0) is 47.7. The van der Waals surface area contributed by atoms with E-state index < -0.39 is 12.1 Å².